The fourth-order valence-corrected chi connectivity index (χ4v) is 1.35. The second-order valence-electron chi connectivity index (χ2n) is 2.51. The van der Waals surface area contributed by atoms with Crippen molar-refractivity contribution in [2.45, 2.75) is 12.8 Å². The Bertz CT molecular complexity index is 295. The van der Waals surface area contributed by atoms with Crippen LogP contribution in [0.3, 0.4) is 0 Å². The number of rotatable bonds is 5. The molecule has 1 aromatic rings. The van der Waals surface area contributed by atoms with Gasteiger partial charge in [0.05, 0.1) is 18.2 Å². The minimum Gasteiger partial charge on any atom is -0.225 e. The molecule has 0 aromatic carbocycles. The Labute approximate surface area is 82.4 Å². The van der Waals surface area contributed by atoms with Gasteiger partial charge in [-0.25, -0.2) is 4.99 Å². The molecule has 0 aliphatic heterocycles. The van der Waals surface area contributed by atoms with E-state index in [1.807, 2.05) is 22.9 Å². The summed E-state index contributed by atoms with van der Waals surface area (Å²) in [6.07, 6.45) is 3.92. The Balaban J connectivity index is 2.27. The first-order valence-corrected chi connectivity index (χ1v) is 5.13. The summed E-state index contributed by atoms with van der Waals surface area (Å²) in [4.78, 5) is 8.06. The Kier molecular flexibility index (Phi) is 4.84. The summed E-state index contributed by atoms with van der Waals surface area (Å²) >= 11 is 1.62. The molecule has 0 N–H and O–H groups in total. The number of hydrogen-bond donors (Lipinski definition) is 0. The zero-order chi connectivity index (χ0) is 9.36. The molecule has 0 spiro atoms. The Morgan fingerprint density at radius 2 is 2.54 bits per heavy atom. The van der Waals surface area contributed by atoms with E-state index in [0.29, 0.717) is 0 Å². The van der Waals surface area contributed by atoms with Crippen molar-refractivity contribution in [3.8, 4) is 0 Å². The minimum atomic E-state index is 0.777. The summed E-state index contributed by atoms with van der Waals surface area (Å²) < 4.78 is 0. The van der Waals surface area contributed by atoms with E-state index in [4.69, 9.17) is 0 Å². The van der Waals surface area contributed by atoms with Gasteiger partial charge < -0.3 is 0 Å². The summed E-state index contributed by atoms with van der Waals surface area (Å²) in [5.41, 5.74) is 0.928. The quantitative estimate of drug-likeness (QED) is 0.387. The second-order valence-corrected chi connectivity index (χ2v) is 3.29. The maximum Gasteiger partial charge on any atom is 0.0949 e. The lowest BCUT2D eigenvalue weighted by molar-refractivity contribution is 0.860. The number of thiophene rings is 1. The SMILES string of the molecule is C=CCCCN=C=Nc1ccsc1. The Morgan fingerprint density at radius 1 is 1.62 bits per heavy atom. The zero-order valence-electron chi connectivity index (χ0n) is 7.44. The van der Waals surface area contributed by atoms with E-state index >= 15 is 0 Å². The van der Waals surface area contributed by atoms with Crippen LogP contribution in [0.1, 0.15) is 12.8 Å². The summed E-state index contributed by atoms with van der Waals surface area (Å²) in [6, 6.07) is 4.61. The van der Waals surface area contributed by atoms with Crippen LogP contribution in [0.5, 0.6) is 0 Å². The number of allylic oxidation sites excluding steroid dienone is 1. The van der Waals surface area contributed by atoms with Crippen LogP contribution in [0, 0.1) is 0 Å². The average molecular weight is 192 g/mol. The van der Waals surface area contributed by atoms with Crippen molar-refractivity contribution in [3.63, 3.8) is 0 Å². The molecule has 68 valence electrons. The van der Waals surface area contributed by atoms with Gasteiger partial charge in [-0.05, 0) is 24.3 Å². The Hall–Kier alpha value is -1.18. The minimum absolute atomic E-state index is 0.777. The third-order valence-electron chi connectivity index (χ3n) is 1.43. The second kappa shape index (κ2) is 6.35. The molecule has 0 radical (unpaired) electrons. The van der Waals surface area contributed by atoms with Crippen molar-refractivity contribution in [1.29, 1.82) is 0 Å². The zero-order valence-corrected chi connectivity index (χ0v) is 8.26. The predicted molar refractivity (Wildman–Crippen MR) is 58.1 cm³/mol. The van der Waals surface area contributed by atoms with E-state index in [-0.39, 0.29) is 0 Å². The molecule has 0 fully saturated rings. The smallest absolute Gasteiger partial charge is 0.0949 e. The highest BCUT2D eigenvalue weighted by Crippen LogP contribution is 2.14. The number of aliphatic imine (C=N–C) groups is 2. The predicted octanol–water partition coefficient (Wildman–Crippen LogP) is 3.52. The van der Waals surface area contributed by atoms with Crippen LogP contribution in [-0.2, 0) is 0 Å². The van der Waals surface area contributed by atoms with Crippen molar-refractivity contribution >= 4 is 23.0 Å². The first kappa shape index (κ1) is 9.90. The first-order valence-electron chi connectivity index (χ1n) is 4.19. The van der Waals surface area contributed by atoms with E-state index in [9.17, 15) is 0 Å². The van der Waals surface area contributed by atoms with Crippen LogP contribution < -0.4 is 0 Å². The highest BCUT2D eigenvalue weighted by atomic mass is 32.1. The number of unbranched alkanes of at least 4 members (excludes halogenated alkanes) is 1. The Morgan fingerprint density at radius 3 is 3.23 bits per heavy atom. The fraction of sp³-hybridized carbons (Fsp3) is 0.300. The molecule has 1 heterocycles. The van der Waals surface area contributed by atoms with Crippen molar-refractivity contribution in [2.24, 2.45) is 9.98 Å². The van der Waals surface area contributed by atoms with Crippen LogP contribution >= 0.6 is 11.3 Å². The molecule has 0 aliphatic carbocycles. The van der Waals surface area contributed by atoms with Crippen LogP contribution in [0.15, 0.2) is 39.5 Å². The van der Waals surface area contributed by atoms with Crippen molar-refractivity contribution < 1.29 is 0 Å². The van der Waals surface area contributed by atoms with Crippen LogP contribution in [-0.4, -0.2) is 12.6 Å². The maximum absolute atomic E-state index is 4.03. The van der Waals surface area contributed by atoms with Gasteiger partial charge in [0.15, 0.2) is 0 Å². The molecule has 0 unspecified atom stereocenters. The highest BCUT2D eigenvalue weighted by molar-refractivity contribution is 7.08. The summed E-state index contributed by atoms with van der Waals surface area (Å²) in [6.45, 7) is 4.41. The van der Waals surface area contributed by atoms with Gasteiger partial charge in [0, 0.05) is 5.38 Å². The van der Waals surface area contributed by atoms with Crippen molar-refractivity contribution in [1.82, 2.24) is 0 Å². The molecule has 0 saturated carbocycles. The van der Waals surface area contributed by atoms with Crippen LogP contribution in [0.25, 0.3) is 0 Å². The van der Waals surface area contributed by atoms with Crippen molar-refractivity contribution in [3.05, 3.63) is 29.5 Å². The maximum atomic E-state index is 4.03. The largest absolute Gasteiger partial charge is 0.225 e. The molecule has 0 amide bonds. The third-order valence-corrected chi connectivity index (χ3v) is 2.10. The molecule has 3 heteroatoms. The average Bonchev–Trinajstić information content (AvgIpc) is 2.63. The van der Waals surface area contributed by atoms with Crippen molar-refractivity contribution in [2.75, 3.05) is 6.54 Å². The molecule has 1 rings (SSSR count). The third kappa shape index (κ3) is 4.41. The van der Waals surface area contributed by atoms with Gasteiger partial charge in [-0.3, -0.25) is 0 Å². The molecule has 2 nitrogen and oxygen atoms in total. The van der Waals surface area contributed by atoms with Crippen LogP contribution in [0.4, 0.5) is 5.69 Å². The molecule has 0 saturated heterocycles. The monoisotopic (exact) mass is 192 g/mol. The van der Waals surface area contributed by atoms with Gasteiger partial charge in [0.25, 0.3) is 0 Å². The van der Waals surface area contributed by atoms with Gasteiger partial charge in [-0.2, -0.15) is 16.3 Å². The topological polar surface area (TPSA) is 24.7 Å². The molecule has 0 aliphatic rings. The normalized spacial score (nSPS) is 8.92. The van der Waals surface area contributed by atoms with E-state index in [1.165, 1.54) is 0 Å². The summed E-state index contributed by atoms with van der Waals surface area (Å²) in [5, 5.41) is 3.95. The van der Waals surface area contributed by atoms with E-state index < -0.39 is 0 Å². The van der Waals surface area contributed by atoms with Gasteiger partial charge in [-0.15, -0.1) is 6.58 Å². The standard InChI is InChI=1S/C10H12N2S/c1-2-3-4-6-11-9-12-10-5-7-13-8-10/h2,5,7-8H,1,3-4,6H2. The molecule has 0 atom stereocenters. The molecule has 0 bridgehead atoms. The summed E-state index contributed by atoms with van der Waals surface area (Å²) in [5.74, 6) is 0. The van der Waals surface area contributed by atoms with E-state index in [0.717, 1.165) is 25.1 Å². The van der Waals surface area contributed by atoms with Gasteiger partial charge >= 0.3 is 0 Å². The molecular formula is C10H12N2S. The van der Waals surface area contributed by atoms with Crippen LogP contribution in [0.2, 0.25) is 0 Å². The lowest BCUT2D eigenvalue weighted by atomic mass is 10.3. The highest BCUT2D eigenvalue weighted by Gasteiger charge is 1.83. The van der Waals surface area contributed by atoms with Gasteiger partial charge in [0.2, 0.25) is 0 Å². The van der Waals surface area contributed by atoms with Gasteiger partial charge in [0.1, 0.15) is 0 Å². The lowest BCUT2D eigenvalue weighted by Gasteiger charge is -1.84. The molecule has 1 aromatic heterocycles. The number of nitrogens with zero attached hydrogens (tertiary/aromatic N) is 2. The summed E-state index contributed by atoms with van der Waals surface area (Å²) in [7, 11) is 0. The lowest BCUT2D eigenvalue weighted by Crippen LogP contribution is -1.76. The fourth-order valence-electron chi connectivity index (χ4n) is 0.779. The molecular weight excluding hydrogens is 180 g/mol. The first-order chi connectivity index (χ1) is 6.43. The molecule has 13 heavy (non-hydrogen) atoms. The van der Waals surface area contributed by atoms with E-state index in [2.05, 4.69) is 22.6 Å². The van der Waals surface area contributed by atoms with E-state index in [1.54, 1.807) is 11.3 Å². The van der Waals surface area contributed by atoms with Gasteiger partial charge in [-0.1, -0.05) is 6.08 Å². The number of hydrogen-bond acceptors (Lipinski definition) is 3.